The van der Waals surface area contributed by atoms with Crippen LogP contribution in [0.3, 0.4) is 0 Å². The Hall–Kier alpha value is -3.21. The van der Waals surface area contributed by atoms with Gasteiger partial charge >= 0.3 is 24.4 Å². The van der Waals surface area contributed by atoms with Gasteiger partial charge in [-0.15, -0.1) is 0 Å². The fraction of sp³-hybridized carbons (Fsp3) is 0.571. The second-order valence-electron chi connectivity index (χ2n) is 8.02. The first-order valence-corrected chi connectivity index (χ1v) is 10.5. The minimum absolute atomic E-state index is 0.116. The summed E-state index contributed by atoms with van der Waals surface area (Å²) in [6, 6.07) is 6.75. The highest BCUT2D eigenvalue weighted by molar-refractivity contribution is 5.74. The van der Waals surface area contributed by atoms with Gasteiger partial charge in [-0.3, -0.25) is 9.69 Å². The standard InChI is InChI=1S/C21H21F6N3O5/c22-20(23,24)18(21(25,26)27)35-19(32)30-8-6-29(7-9-30)11-15-3-1-2-14(10-28)16(15)33-12-34-17(31)13-4-5-13/h1-3,13,18H,4-9,11-12H2. The molecule has 0 aromatic heterocycles. The third-order valence-corrected chi connectivity index (χ3v) is 5.37. The van der Waals surface area contributed by atoms with E-state index >= 15 is 0 Å². The summed E-state index contributed by atoms with van der Waals surface area (Å²) in [5.41, 5.74) is 0.745. The number of para-hydroxylation sites is 1. The maximum Gasteiger partial charge on any atom is 0.434 e. The molecule has 3 rings (SSSR count). The third-order valence-electron chi connectivity index (χ3n) is 5.37. The molecule has 0 unspecified atom stereocenters. The molecular weight excluding hydrogens is 488 g/mol. The molecule has 1 saturated carbocycles. The summed E-state index contributed by atoms with van der Waals surface area (Å²) in [5.74, 6) is -0.323. The van der Waals surface area contributed by atoms with Crippen molar-refractivity contribution in [3.05, 3.63) is 29.3 Å². The van der Waals surface area contributed by atoms with E-state index in [1.165, 1.54) is 6.07 Å². The van der Waals surface area contributed by atoms with Crippen LogP contribution in [0.4, 0.5) is 31.1 Å². The van der Waals surface area contributed by atoms with E-state index in [-0.39, 0.29) is 62.7 Å². The first-order chi connectivity index (χ1) is 16.4. The van der Waals surface area contributed by atoms with Crippen LogP contribution < -0.4 is 4.74 Å². The molecule has 35 heavy (non-hydrogen) atoms. The lowest BCUT2D eigenvalue weighted by Gasteiger charge is -2.35. The first-order valence-electron chi connectivity index (χ1n) is 10.5. The lowest BCUT2D eigenvalue weighted by atomic mass is 10.1. The van der Waals surface area contributed by atoms with Crippen LogP contribution in [0.15, 0.2) is 18.2 Å². The van der Waals surface area contributed by atoms with E-state index in [1.54, 1.807) is 17.0 Å². The summed E-state index contributed by atoms with van der Waals surface area (Å²) >= 11 is 0. The van der Waals surface area contributed by atoms with Gasteiger partial charge in [0, 0.05) is 38.3 Å². The van der Waals surface area contributed by atoms with Crippen molar-refractivity contribution in [1.82, 2.24) is 9.80 Å². The van der Waals surface area contributed by atoms with E-state index in [4.69, 9.17) is 9.47 Å². The van der Waals surface area contributed by atoms with Crippen LogP contribution in [-0.2, 0) is 20.8 Å². The zero-order chi connectivity index (χ0) is 25.8. The monoisotopic (exact) mass is 509 g/mol. The number of carbonyl (C=O) groups is 2. The molecule has 192 valence electrons. The average Bonchev–Trinajstić information content (AvgIpc) is 3.62. The molecule has 1 heterocycles. The summed E-state index contributed by atoms with van der Waals surface area (Å²) in [4.78, 5) is 26.1. The number of amides is 1. The highest BCUT2D eigenvalue weighted by atomic mass is 19.4. The SMILES string of the molecule is N#Cc1cccc(CN2CCN(C(=O)OC(C(F)(F)F)C(F)(F)F)CC2)c1OCOC(=O)C1CC1. The maximum absolute atomic E-state index is 12.6. The molecule has 14 heteroatoms. The molecule has 0 radical (unpaired) electrons. The maximum atomic E-state index is 12.6. The van der Waals surface area contributed by atoms with Crippen molar-refractivity contribution in [1.29, 1.82) is 5.26 Å². The summed E-state index contributed by atoms with van der Waals surface area (Å²) in [7, 11) is 0. The number of hydrogen-bond donors (Lipinski definition) is 0. The molecule has 8 nitrogen and oxygen atoms in total. The molecule has 1 aliphatic heterocycles. The number of hydrogen-bond acceptors (Lipinski definition) is 7. The number of alkyl halides is 6. The number of ether oxygens (including phenoxy) is 3. The van der Waals surface area contributed by atoms with Crippen LogP contribution in [0.25, 0.3) is 0 Å². The van der Waals surface area contributed by atoms with E-state index in [0.29, 0.717) is 5.56 Å². The normalized spacial score (nSPS) is 17.1. The van der Waals surface area contributed by atoms with Gasteiger partial charge in [0.1, 0.15) is 11.8 Å². The van der Waals surface area contributed by atoms with Crippen molar-refractivity contribution in [2.24, 2.45) is 5.92 Å². The second-order valence-corrected chi connectivity index (χ2v) is 8.02. The molecule has 1 saturated heterocycles. The van der Waals surface area contributed by atoms with Gasteiger partial charge in [-0.1, -0.05) is 12.1 Å². The number of nitrogens with zero attached hydrogens (tertiary/aromatic N) is 3. The number of carbonyl (C=O) groups excluding carboxylic acids is 2. The lowest BCUT2D eigenvalue weighted by Crippen LogP contribution is -2.52. The average molecular weight is 509 g/mol. The fourth-order valence-corrected chi connectivity index (χ4v) is 3.38. The highest BCUT2D eigenvalue weighted by Crippen LogP contribution is 2.36. The van der Waals surface area contributed by atoms with Gasteiger partial charge in [0.05, 0.1) is 11.5 Å². The van der Waals surface area contributed by atoms with Crippen LogP contribution >= 0.6 is 0 Å². The molecule has 0 atom stereocenters. The third kappa shape index (κ3) is 7.14. The molecule has 1 aliphatic carbocycles. The minimum Gasteiger partial charge on any atom is -0.456 e. The molecular formula is C21H21F6N3O5. The zero-order valence-corrected chi connectivity index (χ0v) is 18.2. The van der Waals surface area contributed by atoms with E-state index in [0.717, 1.165) is 17.7 Å². The highest BCUT2D eigenvalue weighted by Gasteiger charge is 2.60. The van der Waals surface area contributed by atoms with Crippen molar-refractivity contribution in [3.8, 4) is 11.8 Å². The fourth-order valence-electron chi connectivity index (χ4n) is 3.38. The van der Waals surface area contributed by atoms with Crippen molar-refractivity contribution >= 4 is 12.1 Å². The van der Waals surface area contributed by atoms with Crippen LogP contribution in [0, 0.1) is 17.2 Å². The summed E-state index contributed by atoms with van der Waals surface area (Å²) in [5, 5.41) is 9.37. The minimum atomic E-state index is -5.79. The Labute approximate surface area is 195 Å². The van der Waals surface area contributed by atoms with Gasteiger partial charge in [0.25, 0.3) is 6.10 Å². The molecule has 2 fully saturated rings. The van der Waals surface area contributed by atoms with E-state index in [2.05, 4.69) is 4.74 Å². The number of nitriles is 1. The van der Waals surface area contributed by atoms with Crippen LogP contribution in [0.5, 0.6) is 5.75 Å². The predicted octanol–water partition coefficient (Wildman–Crippen LogP) is 3.60. The van der Waals surface area contributed by atoms with Crippen molar-refractivity contribution in [3.63, 3.8) is 0 Å². The van der Waals surface area contributed by atoms with Gasteiger partial charge in [-0.25, -0.2) is 4.79 Å². The lowest BCUT2D eigenvalue weighted by molar-refractivity contribution is -0.308. The first kappa shape index (κ1) is 26.4. The molecule has 0 spiro atoms. The Bertz CT molecular complexity index is 952. The quantitative estimate of drug-likeness (QED) is 0.315. The number of esters is 1. The van der Waals surface area contributed by atoms with Crippen molar-refractivity contribution in [2.45, 2.75) is 37.8 Å². The van der Waals surface area contributed by atoms with Crippen molar-refractivity contribution in [2.75, 3.05) is 33.0 Å². The summed E-state index contributed by atoms with van der Waals surface area (Å²) in [6.45, 7) is -0.295. The van der Waals surface area contributed by atoms with Crippen LogP contribution in [0.1, 0.15) is 24.0 Å². The largest absolute Gasteiger partial charge is 0.456 e. The second kappa shape index (κ2) is 10.6. The Balaban J connectivity index is 1.57. The number of benzene rings is 1. The van der Waals surface area contributed by atoms with Crippen molar-refractivity contribution < 1.29 is 50.1 Å². The Morgan fingerprint density at radius 1 is 1.06 bits per heavy atom. The Kier molecular flexibility index (Phi) is 7.99. The van der Waals surface area contributed by atoms with E-state index in [9.17, 15) is 41.2 Å². The molecule has 1 amide bonds. The molecule has 0 N–H and O–H groups in total. The predicted molar refractivity (Wildman–Crippen MR) is 105 cm³/mol. The number of halogens is 6. The number of piperazine rings is 1. The Morgan fingerprint density at radius 3 is 2.23 bits per heavy atom. The van der Waals surface area contributed by atoms with Gasteiger partial charge in [-0.2, -0.15) is 31.6 Å². The summed E-state index contributed by atoms with van der Waals surface area (Å²) in [6.07, 6.45) is -16.0. The Morgan fingerprint density at radius 2 is 1.69 bits per heavy atom. The smallest absolute Gasteiger partial charge is 0.434 e. The van der Waals surface area contributed by atoms with Gasteiger partial charge in [0.15, 0.2) is 0 Å². The topological polar surface area (TPSA) is 92.1 Å². The van der Waals surface area contributed by atoms with E-state index < -0.39 is 24.5 Å². The summed E-state index contributed by atoms with van der Waals surface area (Å²) < 4.78 is 90.1. The van der Waals surface area contributed by atoms with Crippen LogP contribution in [0.2, 0.25) is 0 Å². The zero-order valence-electron chi connectivity index (χ0n) is 18.2. The number of rotatable bonds is 7. The van der Waals surface area contributed by atoms with Crippen LogP contribution in [-0.4, -0.2) is 73.3 Å². The van der Waals surface area contributed by atoms with Gasteiger partial charge < -0.3 is 19.1 Å². The van der Waals surface area contributed by atoms with E-state index in [1.807, 2.05) is 6.07 Å². The molecule has 1 aromatic rings. The molecule has 2 aliphatic rings. The molecule has 1 aromatic carbocycles. The van der Waals surface area contributed by atoms with Gasteiger partial charge in [0.2, 0.25) is 6.79 Å². The van der Waals surface area contributed by atoms with Gasteiger partial charge in [-0.05, 0) is 18.9 Å². The molecule has 0 bridgehead atoms.